The number of carbonyl (C=O) groups is 1. The van der Waals surface area contributed by atoms with E-state index in [9.17, 15) is 13.2 Å². The number of anilines is 1. The van der Waals surface area contributed by atoms with Crippen LogP contribution in [-0.4, -0.2) is 26.4 Å². The SMILES string of the molecule is C[C@@H]1Cc2cc(C(=O)NC3CCCCC3)ccc2N1S(=O)(=O)c1ccccc1. The maximum atomic E-state index is 13.1. The first kappa shape index (κ1) is 19.0. The van der Waals surface area contributed by atoms with E-state index in [0.717, 1.165) is 18.4 Å². The fourth-order valence-corrected chi connectivity index (χ4v) is 6.05. The van der Waals surface area contributed by atoms with Crippen LogP contribution in [0, 0.1) is 0 Å². The molecule has 5 nitrogen and oxygen atoms in total. The van der Waals surface area contributed by atoms with Crippen LogP contribution in [0.4, 0.5) is 5.69 Å². The second-order valence-corrected chi connectivity index (χ2v) is 9.63. The second-order valence-electron chi connectivity index (χ2n) is 7.82. The molecule has 0 aromatic heterocycles. The van der Waals surface area contributed by atoms with Gasteiger partial charge in [-0.15, -0.1) is 0 Å². The summed E-state index contributed by atoms with van der Waals surface area (Å²) in [6.07, 6.45) is 6.26. The van der Waals surface area contributed by atoms with Crippen LogP contribution >= 0.6 is 0 Å². The van der Waals surface area contributed by atoms with Crippen LogP contribution in [-0.2, 0) is 16.4 Å². The molecule has 0 radical (unpaired) electrons. The standard InChI is InChI=1S/C22H26N2O3S/c1-16-14-18-15-17(22(25)23-19-8-4-2-5-9-19)12-13-21(18)24(16)28(26,27)20-10-6-3-7-11-20/h3,6-7,10-13,15-16,19H,2,4-5,8-9,14H2,1H3,(H,23,25)/t16-/m1/s1. The van der Waals surface area contributed by atoms with Crippen LogP contribution < -0.4 is 9.62 Å². The van der Waals surface area contributed by atoms with Gasteiger partial charge in [-0.1, -0.05) is 37.5 Å². The highest BCUT2D eigenvalue weighted by Crippen LogP contribution is 2.37. The molecule has 1 saturated carbocycles. The van der Waals surface area contributed by atoms with Gasteiger partial charge in [-0.2, -0.15) is 0 Å². The summed E-state index contributed by atoms with van der Waals surface area (Å²) in [7, 11) is -3.62. The van der Waals surface area contributed by atoms with Crippen molar-refractivity contribution < 1.29 is 13.2 Å². The number of rotatable bonds is 4. The summed E-state index contributed by atoms with van der Waals surface area (Å²) in [4.78, 5) is 12.9. The molecule has 0 unspecified atom stereocenters. The first-order valence-electron chi connectivity index (χ1n) is 10.00. The fraction of sp³-hybridized carbons (Fsp3) is 0.409. The lowest BCUT2D eigenvalue weighted by Crippen LogP contribution is -2.36. The summed E-state index contributed by atoms with van der Waals surface area (Å²) in [6, 6.07) is 13.9. The maximum Gasteiger partial charge on any atom is 0.264 e. The summed E-state index contributed by atoms with van der Waals surface area (Å²) in [5, 5.41) is 3.13. The molecule has 1 aliphatic heterocycles. The Bertz CT molecular complexity index is 967. The van der Waals surface area contributed by atoms with Gasteiger partial charge in [-0.05, 0) is 62.1 Å². The quantitative estimate of drug-likeness (QED) is 0.850. The Labute approximate surface area is 166 Å². The summed E-state index contributed by atoms with van der Waals surface area (Å²) in [6.45, 7) is 1.91. The second kappa shape index (κ2) is 7.59. The number of hydrogen-bond donors (Lipinski definition) is 1. The minimum Gasteiger partial charge on any atom is -0.349 e. The minimum absolute atomic E-state index is 0.0632. The van der Waals surface area contributed by atoms with Crippen molar-refractivity contribution in [2.24, 2.45) is 0 Å². The molecular weight excluding hydrogens is 372 g/mol. The molecule has 0 spiro atoms. The van der Waals surface area contributed by atoms with Gasteiger partial charge in [-0.25, -0.2) is 8.42 Å². The molecule has 1 amide bonds. The first-order valence-corrected chi connectivity index (χ1v) is 11.4. The third kappa shape index (κ3) is 3.53. The van der Waals surface area contributed by atoms with Gasteiger partial charge in [0.05, 0.1) is 10.6 Å². The molecule has 28 heavy (non-hydrogen) atoms. The van der Waals surface area contributed by atoms with E-state index < -0.39 is 10.0 Å². The van der Waals surface area contributed by atoms with Gasteiger partial charge in [0, 0.05) is 17.6 Å². The van der Waals surface area contributed by atoms with Crippen LogP contribution in [0.3, 0.4) is 0 Å². The minimum atomic E-state index is -3.62. The Morgan fingerprint density at radius 1 is 1.04 bits per heavy atom. The molecule has 2 aliphatic rings. The number of hydrogen-bond acceptors (Lipinski definition) is 3. The van der Waals surface area contributed by atoms with Gasteiger partial charge in [0.25, 0.3) is 15.9 Å². The zero-order valence-corrected chi connectivity index (χ0v) is 16.9. The highest BCUT2D eigenvalue weighted by atomic mass is 32.2. The number of sulfonamides is 1. The smallest absolute Gasteiger partial charge is 0.264 e. The van der Waals surface area contributed by atoms with Crippen molar-refractivity contribution in [1.29, 1.82) is 0 Å². The molecule has 6 heteroatoms. The lowest BCUT2D eigenvalue weighted by molar-refractivity contribution is 0.0927. The molecule has 2 aromatic rings. The maximum absolute atomic E-state index is 13.1. The van der Waals surface area contributed by atoms with E-state index in [1.165, 1.54) is 23.6 Å². The molecule has 0 bridgehead atoms. The van der Waals surface area contributed by atoms with E-state index in [4.69, 9.17) is 0 Å². The van der Waals surface area contributed by atoms with Crippen molar-refractivity contribution in [2.75, 3.05) is 4.31 Å². The first-order chi connectivity index (χ1) is 13.5. The van der Waals surface area contributed by atoms with Crippen molar-refractivity contribution in [1.82, 2.24) is 5.32 Å². The highest BCUT2D eigenvalue weighted by Gasteiger charge is 2.36. The van der Waals surface area contributed by atoms with Crippen molar-refractivity contribution in [3.05, 3.63) is 59.7 Å². The summed E-state index contributed by atoms with van der Waals surface area (Å²) in [5.41, 5.74) is 2.18. The van der Waals surface area contributed by atoms with Crippen LogP contribution in [0.15, 0.2) is 53.4 Å². The highest BCUT2D eigenvalue weighted by molar-refractivity contribution is 7.92. The van der Waals surface area contributed by atoms with Gasteiger partial charge in [0.15, 0.2) is 0 Å². The predicted octanol–water partition coefficient (Wildman–Crippen LogP) is 3.89. The van der Waals surface area contributed by atoms with Gasteiger partial charge in [0.2, 0.25) is 0 Å². The Balaban J connectivity index is 1.59. The molecular formula is C22H26N2O3S. The predicted molar refractivity (Wildman–Crippen MR) is 110 cm³/mol. The fourth-order valence-electron chi connectivity index (χ4n) is 4.33. The average Bonchev–Trinajstić information content (AvgIpc) is 3.05. The summed E-state index contributed by atoms with van der Waals surface area (Å²) >= 11 is 0. The molecule has 4 rings (SSSR count). The largest absolute Gasteiger partial charge is 0.349 e. The van der Waals surface area contributed by atoms with Crippen molar-refractivity contribution in [3.8, 4) is 0 Å². The molecule has 1 atom stereocenters. The number of carbonyl (C=O) groups excluding carboxylic acids is 1. The Kier molecular flexibility index (Phi) is 5.15. The van der Waals surface area contributed by atoms with Gasteiger partial charge < -0.3 is 5.32 Å². The third-order valence-corrected chi connectivity index (χ3v) is 7.68. The van der Waals surface area contributed by atoms with Gasteiger partial charge in [-0.3, -0.25) is 9.10 Å². The zero-order valence-electron chi connectivity index (χ0n) is 16.1. The topological polar surface area (TPSA) is 66.5 Å². The number of amides is 1. The third-order valence-electron chi connectivity index (χ3n) is 5.74. The van der Waals surface area contributed by atoms with E-state index in [2.05, 4.69) is 5.32 Å². The number of fused-ring (bicyclic) bond motifs is 1. The lowest BCUT2D eigenvalue weighted by atomic mass is 9.95. The van der Waals surface area contributed by atoms with E-state index >= 15 is 0 Å². The molecule has 1 aliphatic carbocycles. The van der Waals surface area contributed by atoms with Crippen LogP contribution in [0.1, 0.15) is 54.9 Å². The van der Waals surface area contributed by atoms with E-state index in [1.807, 2.05) is 13.0 Å². The molecule has 1 N–H and O–H groups in total. The van der Waals surface area contributed by atoms with Crippen molar-refractivity contribution >= 4 is 21.6 Å². The van der Waals surface area contributed by atoms with Gasteiger partial charge in [0.1, 0.15) is 0 Å². The number of nitrogens with one attached hydrogen (secondary N) is 1. The summed E-state index contributed by atoms with van der Waals surface area (Å²) < 4.78 is 27.8. The Morgan fingerprint density at radius 3 is 2.46 bits per heavy atom. The average molecular weight is 399 g/mol. The van der Waals surface area contributed by atoms with Crippen molar-refractivity contribution in [2.45, 2.75) is 62.4 Å². The van der Waals surface area contributed by atoms with Crippen LogP contribution in [0.25, 0.3) is 0 Å². The Morgan fingerprint density at radius 2 is 1.75 bits per heavy atom. The lowest BCUT2D eigenvalue weighted by Gasteiger charge is -2.24. The molecule has 1 fully saturated rings. The monoisotopic (exact) mass is 398 g/mol. The molecule has 0 saturated heterocycles. The van der Waals surface area contributed by atoms with E-state index in [-0.39, 0.29) is 22.9 Å². The number of benzene rings is 2. The molecule has 2 aromatic carbocycles. The zero-order chi connectivity index (χ0) is 19.7. The van der Waals surface area contributed by atoms with Crippen LogP contribution in [0.2, 0.25) is 0 Å². The number of nitrogens with zero attached hydrogens (tertiary/aromatic N) is 1. The molecule has 1 heterocycles. The van der Waals surface area contributed by atoms with E-state index in [0.29, 0.717) is 17.7 Å². The molecule has 148 valence electrons. The normalized spacial score (nSPS) is 20.0. The summed E-state index contributed by atoms with van der Waals surface area (Å²) in [5.74, 6) is -0.0632. The Hall–Kier alpha value is -2.34. The van der Waals surface area contributed by atoms with Crippen molar-refractivity contribution in [3.63, 3.8) is 0 Å². The van der Waals surface area contributed by atoms with Crippen LogP contribution in [0.5, 0.6) is 0 Å². The van der Waals surface area contributed by atoms with Gasteiger partial charge >= 0.3 is 0 Å². The van der Waals surface area contributed by atoms with E-state index in [1.54, 1.807) is 42.5 Å².